The maximum atomic E-state index is 12.8. The van der Waals surface area contributed by atoms with Crippen molar-refractivity contribution in [3.05, 3.63) is 59.1 Å². The Morgan fingerprint density at radius 2 is 1.96 bits per heavy atom. The molecule has 1 atom stereocenters. The Kier molecular flexibility index (Phi) is 4.95. The van der Waals surface area contributed by atoms with Crippen LogP contribution >= 0.6 is 11.6 Å². The lowest BCUT2D eigenvalue weighted by molar-refractivity contribution is -0.138. The largest absolute Gasteiger partial charge is 0.481 e. The predicted molar refractivity (Wildman–Crippen MR) is 96.7 cm³/mol. The number of hydrogen-bond donors (Lipinski definition) is 0. The van der Waals surface area contributed by atoms with E-state index in [1.165, 1.54) is 5.69 Å². The fraction of sp³-hybridized carbons (Fsp3) is 0.316. The molecule has 1 aliphatic rings. The summed E-state index contributed by atoms with van der Waals surface area (Å²) in [5.41, 5.74) is 2.33. The van der Waals surface area contributed by atoms with Gasteiger partial charge >= 0.3 is 0 Å². The van der Waals surface area contributed by atoms with E-state index < -0.39 is 6.10 Å². The fourth-order valence-electron chi connectivity index (χ4n) is 2.93. The number of rotatable bonds is 3. The molecular weight excluding hydrogens is 324 g/mol. The molecule has 0 radical (unpaired) electrons. The molecule has 0 bridgehead atoms. The van der Waals surface area contributed by atoms with Crippen LogP contribution in [-0.2, 0) is 11.3 Å². The van der Waals surface area contributed by atoms with E-state index >= 15 is 0 Å². The monoisotopic (exact) mass is 344 g/mol. The molecular formula is C19H21ClN2O2. The van der Waals surface area contributed by atoms with Crippen LogP contribution in [0.5, 0.6) is 5.75 Å². The minimum atomic E-state index is -0.556. The number of carbonyl (C=O) groups is 1. The Morgan fingerprint density at radius 1 is 1.17 bits per heavy atom. The van der Waals surface area contributed by atoms with E-state index in [1.54, 1.807) is 25.1 Å². The van der Waals surface area contributed by atoms with Crippen molar-refractivity contribution in [3.63, 3.8) is 0 Å². The Morgan fingerprint density at radius 3 is 2.75 bits per heavy atom. The van der Waals surface area contributed by atoms with Gasteiger partial charge in [-0.3, -0.25) is 4.79 Å². The van der Waals surface area contributed by atoms with Gasteiger partial charge in [0.05, 0.1) is 0 Å². The first-order chi connectivity index (χ1) is 11.5. The normalized spacial score (nSPS) is 15.5. The molecule has 0 saturated heterocycles. The molecule has 0 fully saturated rings. The number of benzene rings is 2. The molecule has 1 unspecified atom stereocenters. The molecule has 1 heterocycles. The topological polar surface area (TPSA) is 32.8 Å². The molecule has 1 aliphatic heterocycles. The molecule has 4 nitrogen and oxygen atoms in total. The highest BCUT2D eigenvalue weighted by Crippen LogP contribution is 2.24. The number of likely N-dealkylation sites (N-methyl/N-ethyl adjacent to an activating group) is 1. The summed E-state index contributed by atoms with van der Waals surface area (Å²) in [5.74, 6) is 0.593. The highest BCUT2D eigenvalue weighted by atomic mass is 35.5. The number of anilines is 1. The van der Waals surface area contributed by atoms with Gasteiger partial charge in [-0.1, -0.05) is 35.9 Å². The Bertz CT molecular complexity index is 735. The molecule has 0 aromatic heterocycles. The van der Waals surface area contributed by atoms with Crippen molar-refractivity contribution in [2.24, 2.45) is 0 Å². The number of fused-ring (bicyclic) bond motifs is 1. The molecule has 0 spiro atoms. The van der Waals surface area contributed by atoms with Crippen LogP contribution in [0.2, 0.25) is 5.02 Å². The smallest absolute Gasteiger partial charge is 0.263 e. The molecule has 0 N–H and O–H groups in total. The van der Waals surface area contributed by atoms with Gasteiger partial charge in [0.1, 0.15) is 5.75 Å². The zero-order valence-corrected chi connectivity index (χ0v) is 14.7. The highest BCUT2D eigenvalue weighted by Gasteiger charge is 2.25. The molecule has 5 heteroatoms. The third-order valence-electron chi connectivity index (χ3n) is 4.24. The summed E-state index contributed by atoms with van der Waals surface area (Å²) in [6.45, 7) is 3.85. The second-order valence-corrected chi connectivity index (χ2v) is 6.46. The summed E-state index contributed by atoms with van der Waals surface area (Å²) in [4.78, 5) is 16.9. The number of amides is 1. The zero-order chi connectivity index (χ0) is 17.1. The molecule has 3 rings (SSSR count). The average molecular weight is 345 g/mol. The molecule has 24 heavy (non-hydrogen) atoms. The van der Waals surface area contributed by atoms with Crippen molar-refractivity contribution < 1.29 is 9.53 Å². The Balaban J connectivity index is 1.73. The number of para-hydroxylation sites is 1. The SMILES string of the molecule is CC(Oc1cccc(Cl)c1)C(=O)N1CCN(C)c2ccccc2C1. The standard InChI is InChI=1S/C19H21ClN2O2/c1-14(24-17-8-5-7-16(20)12-17)19(23)22-11-10-21(2)18-9-4-3-6-15(18)13-22/h3-9,12,14H,10-11,13H2,1-2H3. The van der Waals surface area contributed by atoms with Crippen LogP contribution in [-0.4, -0.2) is 37.0 Å². The van der Waals surface area contributed by atoms with Gasteiger partial charge in [-0.05, 0) is 36.8 Å². The lowest BCUT2D eigenvalue weighted by atomic mass is 10.1. The van der Waals surface area contributed by atoms with E-state index in [4.69, 9.17) is 16.3 Å². The van der Waals surface area contributed by atoms with Crippen LogP contribution in [0.1, 0.15) is 12.5 Å². The Hall–Kier alpha value is -2.20. The van der Waals surface area contributed by atoms with Crippen molar-refractivity contribution in [2.75, 3.05) is 25.0 Å². The fourth-order valence-corrected chi connectivity index (χ4v) is 3.11. The van der Waals surface area contributed by atoms with Gasteiger partial charge in [-0.25, -0.2) is 0 Å². The van der Waals surface area contributed by atoms with Gasteiger partial charge in [-0.15, -0.1) is 0 Å². The molecule has 2 aromatic carbocycles. The van der Waals surface area contributed by atoms with E-state index in [2.05, 4.69) is 24.1 Å². The number of ether oxygens (including phenoxy) is 1. The van der Waals surface area contributed by atoms with Gasteiger partial charge < -0.3 is 14.5 Å². The van der Waals surface area contributed by atoms with E-state index in [1.807, 2.05) is 23.1 Å². The summed E-state index contributed by atoms with van der Waals surface area (Å²) in [6, 6.07) is 15.3. The van der Waals surface area contributed by atoms with Crippen LogP contribution in [0, 0.1) is 0 Å². The van der Waals surface area contributed by atoms with Crippen LogP contribution in [0.4, 0.5) is 5.69 Å². The van der Waals surface area contributed by atoms with E-state index in [0.29, 0.717) is 23.9 Å². The Labute approximate surface area is 147 Å². The third-order valence-corrected chi connectivity index (χ3v) is 4.47. The van der Waals surface area contributed by atoms with Gasteiger partial charge in [-0.2, -0.15) is 0 Å². The lowest BCUT2D eigenvalue weighted by Crippen LogP contribution is -2.41. The van der Waals surface area contributed by atoms with Crippen LogP contribution in [0.3, 0.4) is 0 Å². The van der Waals surface area contributed by atoms with Crippen LogP contribution in [0.15, 0.2) is 48.5 Å². The predicted octanol–water partition coefficient (Wildman–Crippen LogP) is 3.59. The summed E-state index contributed by atoms with van der Waals surface area (Å²) in [5, 5.41) is 0.595. The van der Waals surface area contributed by atoms with E-state index in [0.717, 1.165) is 12.1 Å². The van der Waals surface area contributed by atoms with Crippen LogP contribution < -0.4 is 9.64 Å². The number of hydrogen-bond acceptors (Lipinski definition) is 3. The minimum absolute atomic E-state index is 0.0138. The quantitative estimate of drug-likeness (QED) is 0.853. The minimum Gasteiger partial charge on any atom is -0.481 e. The summed E-state index contributed by atoms with van der Waals surface area (Å²) < 4.78 is 5.78. The van der Waals surface area contributed by atoms with Gasteiger partial charge in [0.2, 0.25) is 0 Å². The maximum Gasteiger partial charge on any atom is 0.263 e. The van der Waals surface area contributed by atoms with Crippen LogP contribution in [0.25, 0.3) is 0 Å². The van der Waals surface area contributed by atoms with E-state index in [9.17, 15) is 4.79 Å². The first-order valence-electron chi connectivity index (χ1n) is 8.04. The molecule has 0 aliphatic carbocycles. The second-order valence-electron chi connectivity index (χ2n) is 6.03. The second kappa shape index (κ2) is 7.14. The summed E-state index contributed by atoms with van der Waals surface area (Å²) in [6.07, 6.45) is -0.556. The van der Waals surface area contributed by atoms with Gasteiger partial charge in [0, 0.05) is 37.4 Å². The molecule has 2 aromatic rings. The number of carbonyl (C=O) groups excluding carboxylic acids is 1. The highest BCUT2D eigenvalue weighted by molar-refractivity contribution is 6.30. The maximum absolute atomic E-state index is 12.8. The van der Waals surface area contributed by atoms with E-state index in [-0.39, 0.29) is 5.91 Å². The molecule has 0 saturated carbocycles. The summed E-state index contributed by atoms with van der Waals surface area (Å²) >= 11 is 5.97. The molecule has 126 valence electrons. The lowest BCUT2D eigenvalue weighted by Gasteiger charge is -2.25. The van der Waals surface area contributed by atoms with Crippen molar-refractivity contribution >= 4 is 23.2 Å². The average Bonchev–Trinajstić information content (AvgIpc) is 2.74. The van der Waals surface area contributed by atoms with Crippen molar-refractivity contribution in [2.45, 2.75) is 19.6 Å². The van der Waals surface area contributed by atoms with Crippen molar-refractivity contribution in [1.82, 2.24) is 4.90 Å². The first-order valence-corrected chi connectivity index (χ1v) is 8.42. The number of nitrogens with zero attached hydrogens (tertiary/aromatic N) is 2. The molecule has 1 amide bonds. The summed E-state index contributed by atoms with van der Waals surface area (Å²) in [7, 11) is 2.05. The zero-order valence-electron chi connectivity index (χ0n) is 13.9. The number of halogens is 1. The third kappa shape index (κ3) is 3.65. The van der Waals surface area contributed by atoms with Crippen molar-refractivity contribution in [3.8, 4) is 5.75 Å². The van der Waals surface area contributed by atoms with Gasteiger partial charge in [0.15, 0.2) is 6.10 Å². The first kappa shape index (κ1) is 16.7. The van der Waals surface area contributed by atoms with Gasteiger partial charge in [0.25, 0.3) is 5.91 Å². The van der Waals surface area contributed by atoms with Crippen molar-refractivity contribution in [1.29, 1.82) is 0 Å².